The van der Waals surface area contributed by atoms with E-state index in [-0.39, 0.29) is 37.1 Å². The van der Waals surface area contributed by atoms with Crippen molar-refractivity contribution in [3.63, 3.8) is 0 Å². The molecule has 0 unspecified atom stereocenters. The Morgan fingerprint density at radius 1 is 0.667 bits per heavy atom. The molecule has 0 aliphatic carbocycles. The van der Waals surface area contributed by atoms with Crippen molar-refractivity contribution in [2.24, 2.45) is 5.73 Å². The molecule has 0 heterocycles. The summed E-state index contributed by atoms with van der Waals surface area (Å²) >= 11 is 0. The highest BCUT2D eigenvalue weighted by Crippen LogP contribution is 2.48. The van der Waals surface area contributed by atoms with Gasteiger partial charge >= 0.3 is 30.6 Å². The number of alkyl halides is 12. The first-order valence-corrected chi connectivity index (χ1v) is 10.8. The molecule has 39 heavy (non-hydrogen) atoms. The lowest BCUT2D eigenvalue weighted by Crippen LogP contribution is -2.52. The van der Waals surface area contributed by atoms with Gasteiger partial charge in [0.15, 0.2) is 0 Å². The zero-order chi connectivity index (χ0) is 30.2. The van der Waals surface area contributed by atoms with Crippen molar-refractivity contribution in [2.75, 3.05) is 6.54 Å². The summed E-state index contributed by atoms with van der Waals surface area (Å²) in [7, 11) is 0. The number of halogens is 12. The number of nitrogens with two attached hydrogens (primary N) is 1. The highest BCUT2D eigenvalue weighted by molar-refractivity contribution is 6.05. The Kier molecular flexibility index (Phi) is 8.75. The van der Waals surface area contributed by atoms with E-state index in [1.807, 2.05) is 0 Å². The van der Waals surface area contributed by atoms with E-state index in [1.165, 1.54) is 6.92 Å². The topological polar surface area (TPSA) is 60.2 Å². The maximum atomic E-state index is 13.7. The van der Waals surface area contributed by atoms with Crippen LogP contribution in [-0.2, 0) is 34.3 Å². The van der Waals surface area contributed by atoms with E-state index in [2.05, 4.69) is 0 Å². The van der Waals surface area contributed by atoms with Crippen LogP contribution in [0.3, 0.4) is 0 Å². The Hall–Kier alpha value is -3.30. The van der Waals surface area contributed by atoms with Gasteiger partial charge in [0.2, 0.25) is 5.91 Å². The molecule has 4 nitrogen and oxygen atoms in total. The zero-order valence-electron chi connectivity index (χ0n) is 19.7. The highest BCUT2D eigenvalue weighted by Gasteiger charge is 2.50. The number of unbranched alkanes of at least 4 members (excludes halogenated alkanes) is 1. The van der Waals surface area contributed by atoms with Crippen LogP contribution < -0.4 is 10.2 Å². The third kappa shape index (κ3) is 6.83. The number of rotatable bonds is 7. The van der Waals surface area contributed by atoms with E-state index >= 15 is 0 Å². The first-order chi connectivity index (χ1) is 17.6. The number of nitrogens with zero attached hydrogens (tertiary/aromatic N) is 1. The second-order valence-electron chi connectivity index (χ2n) is 8.37. The van der Waals surface area contributed by atoms with Crippen molar-refractivity contribution in [3.8, 4) is 0 Å². The summed E-state index contributed by atoms with van der Waals surface area (Å²) in [5, 5.41) is 0. The molecule has 2 aromatic carbocycles. The number of carbonyl (C=O) groups excluding carboxylic acids is 2. The van der Waals surface area contributed by atoms with Gasteiger partial charge in [0.1, 0.15) is 17.8 Å². The number of amides is 2. The molecule has 216 valence electrons. The van der Waals surface area contributed by atoms with Crippen molar-refractivity contribution < 1.29 is 62.3 Å². The maximum Gasteiger partial charge on any atom is 0.417 e. The van der Waals surface area contributed by atoms with Gasteiger partial charge in [0.05, 0.1) is 28.8 Å². The molecule has 2 rings (SSSR count). The van der Waals surface area contributed by atoms with Crippen LogP contribution in [0.1, 0.15) is 48.4 Å². The van der Waals surface area contributed by atoms with E-state index in [0.717, 1.165) is 0 Å². The second kappa shape index (κ2) is 10.7. The van der Waals surface area contributed by atoms with Gasteiger partial charge < -0.3 is 5.73 Å². The van der Waals surface area contributed by atoms with Crippen LogP contribution in [0.15, 0.2) is 36.4 Å². The lowest BCUT2D eigenvalue weighted by molar-refractivity contribution is -0.162. The van der Waals surface area contributed by atoms with Crippen LogP contribution in [0.2, 0.25) is 0 Å². The van der Waals surface area contributed by atoms with E-state index in [1.54, 1.807) is 0 Å². The molecule has 0 aromatic heterocycles. The minimum absolute atomic E-state index is 0.0522. The van der Waals surface area contributed by atoms with Crippen molar-refractivity contribution in [3.05, 3.63) is 58.7 Å². The quantitative estimate of drug-likeness (QED) is 0.207. The minimum Gasteiger partial charge on any atom is -0.369 e. The molecule has 2 aromatic rings. The summed E-state index contributed by atoms with van der Waals surface area (Å²) in [6.45, 7) is 0.753. The van der Waals surface area contributed by atoms with Crippen LogP contribution in [0.4, 0.5) is 64.1 Å². The van der Waals surface area contributed by atoms with Crippen LogP contribution in [0, 0.1) is 0 Å². The number of hydrogen-bond acceptors (Lipinski definition) is 2. The molecule has 0 bridgehead atoms. The largest absolute Gasteiger partial charge is 0.417 e. The van der Waals surface area contributed by atoms with Crippen LogP contribution in [-0.4, -0.2) is 18.4 Å². The molecule has 2 amide bonds. The van der Waals surface area contributed by atoms with Gasteiger partial charge in [0.25, 0.3) is 0 Å². The van der Waals surface area contributed by atoms with Crippen LogP contribution in [0.25, 0.3) is 0 Å². The number of benzene rings is 2. The number of carbonyl (C=O) groups is 2. The van der Waals surface area contributed by atoms with Gasteiger partial charge in [0, 0.05) is 24.3 Å². The average Bonchev–Trinajstić information content (AvgIpc) is 2.76. The smallest absolute Gasteiger partial charge is 0.369 e. The van der Waals surface area contributed by atoms with E-state index < -0.39 is 87.6 Å². The minimum atomic E-state index is -5.68. The first-order valence-electron chi connectivity index (χ1n) is 10.8. The predicted octanol–water partition coefficient (Wildman–Crippen LogP) is 7.60. The summed E-state index contributed by atoms with van der Waals surface area (Å²) < 4.78 is 160. The Bertz CT molecular complexity index is 1150. The second-order valence-corrected chi connectivity index (χ2v) is 8.37. The number of quaternary nitrogens is 1. The standard InChI is InChI=1S/C23H18F12N2O2/c1-2-3-8-37(19(39)11-18(36)38,12-4-6-14(20(24,25)26)16(9-12)22(30,31)32)13-5-7-15(21(27,28)29)17(10-13)23(33,34)35/h4-7,9-10H,2-3,8,11H2,1H3,(H-,36,38)/p+1. The molecule has 0 saturated heterocycles. The Morgan fingerprint density at radius 3 is 1.31 bits per heavy atom. The summed E-state index contributed by atoms with van der Waals surface area (Å²) in [5.41, 5.74) is -5.90. The van der Waals surface area contributed by atoms with Crippen molar-refractivity contribution in [1.82, 2.24) is 4.48 Å². The highest BCUT2D eigenvalue weighted by atomic mass is 19.4. The fourth-order valence-electron chi connectivity index (χ4n) is 4.00. The molecule has 16 heteroatoms. The molecule has 0 saturated carbocycles. The Balaban J connectivity index is 3.11. The van der Waals surface area contributed by atoms with Crippen molar-refractivity contribution >= 4 is 23.2 Å². The van der Waals surface area contributed by atoms with Gasteiger partial charge in [-0.05, 0) is 18.6 Å². The summed E-state index contributed by atoms with van der Waals surface area (Å²) in [6, 6.07) is 0.423. The van der Waals surface area contributed by atoms with Crippen molar-refractivity contribution in [2.45, 2.75) is 50.9 Å². The predicted molar refractivity (Wildman–Crippen MR) is 113 cm³/mol. The number of hydrogen-bond donors (Lipinski definition) is 1. The third-order valence-electron chi connectivity index (χ3n) is 5.71. The molecule has 0 radical (unpaired) electrons. The summed E-state index contributed by atoms with van der Waals surface area (Å²) in [5.74, 6) is -2.87. The van der Waals surface area contributed by atoms with E-state index in [0.29, 0.717) is 12.1 Å². The average molecular weight is 583 g/mol. The van der Waals surface area contributed by atoms with Gasteiger partial charge in [-0.3, -0.25) is 4.79 Å². The SMILES string of the molecule is CCCC[N+](C(=O)CC(N)=O)(c1ccc(C(F)(F)F)c(C(F)(F)F)c1)c1ccc(C(F)(F)F)c(C(F)(F)F)c1. The molecular formula is C23H19F12N2O2+. The van der Waals surface area contributed by atoms with Crippen LogP contribution in [0.5, 0.6) is 0 Å². The summed E-state index contributed by atoms with van der Waals surface area (Å²) in [6.07, 6.45) is -23.8. The van der Waals surface area contributed by atoms with E-state index in [4.69, 9.17) is 5.73 Å². The Morgan fingerprint density at radius 2 is 1.03 bits per heavy atom. The third-order valence-corrected chi connectivity index (χ3v) is 5.71. The zero-order valence-corrected chi connectivity index (χ0v) is 19.7. The molecule has 0 spiro atoms. The first kappa shape index (κ1) is 31.9. The van der Waals surface area contributed by atoms with Crippen LogP contribution >= 0.6 is 0 Å². The molecule has 0 aliphatic rings. The molecule has 0 aliphatic heterocycles. The maximum absolute atomic E-state index is 13.7. The fraction of sp³-hybridized carbons (Fsp3) is 0.391. The van der Waals surface area contributed by atoms with Crippen molar-refractivity contribution in [1.29, 1.82) is 0 Å². The Labute approximate surface area is 212 Å². The fourth-order valence-corrected chi connectivity index (χ4v) is 4.00. The monoisotopic (exact) mass is 583 g/mol. The van der Waals surface area contributed by atoms with Gasteiger partial charge in [-0.15, -0.1) is 0 Å². The lowest BCUT2D eigenvalue weighted by Gasteiger charge is -2.36. The van der Waals surface area contributed by atoms with Gasteiger partial charge in [-0.1, -0.05) is 13.3 Å². The normalized spacial score (nSPS) is 13.5. The summed E-state index contributed by atoms with van der Waals surface area (Å²) in [4.78, 5) is 24.9. The molecule has 0 atom stereocenters. The van der Waals surface area contributed by atoms with E-state index in [9.17, 15) is 62.3 Å². The number of primary amides is 1. The van der Waals surface area contributed by atoms with Gasteiger partial charge in [-0.2, -0.15) is 57.2 Å². The molecular weight excluding hydrogens is 564 g/mol. The van der Waals surface area contributed by atoms with Gasteiger partial charge in [-0.25, -0.2) is 4.79 Å². The molecule has 2 N–H and O–H groups in total. The molecule has 0 fully saturated rings. The lowest BCUT2D eigenvalue weighted by atomic mass is 9.99.